The first-order valence-electron chi connectivity index (χ1n) is 6.49. The molecule has 2 atom stereocenters. The van der Waals surface area contributed by atoms with Crippen LogP contribution in [0.1, 0.15) is 25.3 Å². The molecule has 0 saturated carbocycles. The highest BCUT2D eigenvalue weighted by Crippen LogP contribution is 2.26. The number of nitrogens with zero attached hydrogens (tertiary/aromatic N) is 1. The van der Waals surface area contributed by atoms with E-state index < -0.39 is 0 Å². The average Bonchev–Trinajstić information content (AvgIpc) is 2.27. The van der Waals surface area contributed by atoms with Crippen molar-refractivity contribution in [1.82, 2.24) is 4.90 Å². The van der Waals surface area contributed by atoms with Gasteiger partial charge in [0.15, 0.2) is 0 Å². The second kappa shape index (κ2) is 6.25. The molecule has 0 amide bonds. The van der Waals surface area contributed by atoms with Crippen molar-refractivity contribution in [3.8, 4) is 0 Å². The summed E-state index contributed by atoms with van der Waals surface area (Å²) in [6.45, 7) is 4.99. The van der Waals surface area contributed by atoms with Crippen molar-refractivity contribution in [2.24, 2.45) is 11.7 Å². The van der Waals surface area contributed by atoms with Gasteiger partial charge in [-0.05, 0) is 49.1 Å². The summed E-state index contributed by atoms with van der Waals surface area (Å²) in [4.78, 5) is 2.45. The Morgan fingerprint density at radius 3 is 2.56 bits per heavy atom. The normalized spacial score (nSPS) is 25.3. The van der Waals surface area contributed by atoms with Crippen LogP contribution < -0.4 is 5.73 Å². The third-order valence-corrected chi connectivity index (χ3v) is 4.22. The summed E-state index contributed by atoms with van der Waals surface area (Å²) in [5.41, 5.74) is 7.07. The van der Waals surface area contributed by atoms with Gasteiger partial charge in [0.2, 0.25) is 0 Å². The molecular weight excluding hydrogens is 267 g/mol. The van der Waals surface area contributed by atoms with Crippen LogP contribution in [0.4, 0.5) is 0 Å². The number of halogens is 2. The Balaban J connectivity index is 2.11. The van der Waals surface area contributed by atoms with Gasteiger partial charge in [-0.1, -0.05) is 30.1 Å². The smallest absolute Gasteiger partial charge is 0.0424 e. The van der Waals surface area contributed by atoms with Gasteiger partial charge in [0.1, 0.15) is 0 Å². The molecule has 0 spiro atoms. The minimum Gasteiger partial charge on any atom is -0.329 e. The van der Waals surface area contributed by atoms with Crippen molar-refractivity contribution in [2.75, 3.05) is 13.1 Å². The fraction of sp³-hybridized carbons (Fsp3) is 0.571. The molecule has 1 aromatic carbocycles. The van der Waals surface area contributed by atoms with E-state index in [1.807, 2.05) is 12.1 Å². The summed E-state index contributed by atoms with van der Waals surface area (Å²) >= 11 is 12.1. The Morgan fingerprint density at radius 1 is 1.28 bits per heavy atom. The topological polar surface area (TPSA) is 29.3 Å². The standard InChI is InChI=1S/C14H20Cl2N2/c1-10-3-2-4-18(14(10)8-17)9-11-5-12(15)7-13(16)6-11/h5-7,10,14H,2-4,8-9,17H2,1H3. The van der Waals surface area contributed by atoms with Gasteiger partial charge < -0.3 is 5.73 Å². The fourth-order valence-electron chi connectivity index (χ4n) is 2.85. The van der Waals surface area contributed by atoms with Crippen LogP contribution in [-0.4, -0.2) is 24.0 Å². The molecule has 2 N–H and O–H groups in total. The second-order valence-electron chi connectivity index (χ2n) is 5.17. The van der Waals surface area contributed by atoms with E-state index in [1.54, 1.807) is 6.07 Å². The number of nitrogens with two attached hydrogens (primary N) is 1. The van der Waals surface area contributed by atoms with Gasteiger partial charge in [-0.2, -0.15) is 0 Å². The summed E-state index contributed by atoms with van der Waals surface area (Å²) in [5, 5.41) is 1.40. The number of rotatable bonds is 3. The van der Waals surface area contributed by atoms with Crippen molar-refractivity contribution in [1.29, 1.82) is 0 Å². The third kappa shape index (κ3) is 3.39. The van der Waals surface area contributed by atoms with Crippen molar-refractivity contribution >= 4 is 23.2 Å². The average molecular weight is 287 g/mol. The Hall–Kier alpha value is -0.280. The molecule has 18 heavy (non-hydrogen) atoms. The van der Waals surface area contributed by atoms with Gasteiger partial charge in [-0.15, -0.1) is 0 Å². The molecule has 2 unspecified atom stereocenters. The lowest BCUT2D eigenvalue weighted by atomic mass is 9.90. The monoisotopic (exact) mass is 286 g/mol. The van der Waals surface area contributed by atoms with E-state index in [-0.39, 0.29) is 0 Å². The van der Waals surface area contributed by atoms with Gasteiger partial charge in [-0.25, -0.2) is 0 Å². The molecule has 100 valence electrons. The van der Waals surface area contributed by atoms with Crippen molar-refractivity contribution < 1.29 is 0 Å². The summed E-state index contributed by atoms with van der Waals surface area (Å²) in [5.74, 6) is 0.665. The Bertz CT molecular complexity index is 389. The van der Waals surface area contributed by atoms with Crippen molar-refractivity contribution in [2.45, 2.75) is 32.4 Å². The predicted octanol–water partition coefficient (Wildman–Crippen LogP) is 3.55. The zero-order valence-corrected chi connectivity index (χ0v) is 12.2. The quantitative estimate of drug-likeness (QED) is 0.921. The maximum atomic E-state index is 6.04. The molecule has 1 saturated heterocycles. The molecule has 4 heteroatoms. The Kier molecular flexibility index (Phi) is 4.91. The van der Waals surface area contributed by atoms with E-state index in [1.165, 1.54) is 18.4 Å². The minimum atomic E-state index is 0.469. The molecule has 0 bridgehead atoms. The SMILES string of the molecule is CC1CCCN(Cc2cc(Cl)cc(Cl)c2)C1CN. The summed E-state index contributed by atoms with van der Waals surface area (Å²) in [7, 11) is 0. The van der Waals surface area contributed by atoms with Crippen LogP contribution in [0.15, 0.2) is 18.2 Å². The molecule has 2 nitrogen and oxygen atoms in total. The van der Waals surface area contributed by atoms with Crippen LogP contribution >= 0.6 is 23.2 Å². The van der Waals surface area contributed by atoms with Gasteiger partial charge in [0.05, 0.1) is 0 Å². The van der Waals surface area contributed by atoms with Gasteiger partial charge in [0, 0.05) is 29.2 Å². The molecule has 1 aliphatic rings. The summed E-state index contributed by atoms with van der Waals surface area (Å²) in [6.07, 6.45) is 2.51. The number of piperidine rings is 1. The maximum absolute atomic E-state index is 6.04. The number of hydrogen-bond acceptors (Lipinski definition) is 2. The molecule has 2 rings (SSSR count). The van der Waals surface area contributed by atoms with E-state index in [2.05, 4.69) is 11.8 Å². The lowest BCUT2D eigenvalue weighted by Crippen LogP contribution is -2.47. The van der Waals surface area contributed by atoms with E-state index in [0.717, 1.165) is 19.6 Å². The molecule has 1 fully saturated rings. The molecule has 0 aromatic heterocycles. The van der Waals surface area contributed by atoms with E-state index in [0.29, 0.717) is 22.0 Å². The highest BCUT2D eigenvalue weighted by molar-refractivity contribution is 6.34. The lowest BCUT2D eigenvalue weighted by Gasteiger charge is -2.39. The zero-order chi connectivity index (χ0) is 13.1. The molecule has 1 aliphatic heterocycles. The van der Waals surface area contributed by atoms with E-state index in [9.17, 15) is 0 Å². The van der Waals surface area contributed by atoms with Crippen LogP contribution in [0, 0.1) is 5.92 Å². The third-order valence-electron chi connectivity index (χ3n) is 3.78. The number of benzene rings is 1. The van der Waals surface area contributed by atoms with E-state index >= 15 is 0 Å². The van der Waals surface area contributed by atoms with Crippen LogP contribution in [0.25, 0.3) is 0 Å². The first kappa shape index (κ1) is 14.1. The summed E-state index contributed by atoms with van der Waals surface area (Å²) in [6, 6.07) is 6.21. The molecule has 1 heterocycles. The van der Waals surface area contributed by atoms with Crippen molar-refractivity contribution in [3.05, 3.63) is 33.8 Å². The first-order valence-corrected chi connectivity index (χ1v) is 7.25. The highest BCUT2D eigenvalue weighted by atomic mass is 35.5. The largest absolute Gasteiger partial charge is 0.329 e. The minimum absolute atomic E-state index is 0.469. The highest BCUT2D eigenvalue weighted by Gasteiger charge is 2.27. The van der Waals surface area contributed by atoms with Crippen LogP contribution in [0.2, 0.25) is 10.0 Å². The van der Waals surface area contributed by atoms with Crippen LogP contribution in [0.3, 0.4) is 0 Å². The Labute approximate surface area is 119 Å². The molecule has 0 radical (unpaired) electrons. The predicted molar refractivity (Wildman–Crippen MR) is 78.1 cm³/mol. The first-order chi connectivity index (χ1) is 8.60. The number of likely N-dealkylation sites (tertiary alicyclic amines) is 1. The maximum Gasteiger partial charge on any atom is 0.0424 e. The van der Waals surface area contributed by atoms with Gasteiger partial charge in [0.25, 0.3) is 0 Å². The number of hydrogen-bond donors (Lipinski definition) is 1. The molecule has 0 aliphatic carbocycles. The van der Waals surface area contributed by atoms with Crippen LogP contribution in [0.5, 0.6) is 0 Å². The van der Waals surface area contributed by atoms with Gasteiger partial charge >= 0.3 is 0 Å². The van der Waals surface area contributed by atoms with Gasteiger partial charge in [-0.3, -0.25) is 4.90 Å². The fourth-order valence-corrected chi connectivity index (χ4v) is 3.42. The molecule has 1 aromatic rings. The molecular formula is C14H20Cl2N2. The van der Waals surface area contributed by atoms with E-state index in [4.69, 9.17) is 28.9 Å². The van der Waals surface area contributed by atoms with Crippen LogP contribution in [-0.2, 0) is 6.54 Å². The second-order valence-corrected chi connectivity index (χ2v) is 6.04. The summed E-state index contributed by atoms with van der Waals surface area (Å²) < 4.78 is 0. The Morgan fingerprint density at radius 2 is 1.94 bits per heavy atom. The zero-order valence-electron chi connectivity index (χ0n) is 10.7. The van der Waals surface area contributed by atoms with Crippen molar-refractivity contribution in [3.63, 3.8) is 0 Å². The lowest BCUT2D eigenvalue weighted by molar-refractivity contribution is 0.0991.